The summed E-state index contributed by atoms with van der Waals surface area (Å²) in [6, 6.07) is -1.09. The summed E-state index contributed by atoms with van der Waals surface area (Å²) in [5.74, 6) is -1.00. The van der Waals surface area contributed by atoms with Gasteiger partial charge in [0.05, 0.1) is 12.2 Å². The van der Waals surface area contributed by atoms with Crippen molar-refractivity contribution in [2.45, 2.75) is 39.0 Å². The van der Waals surface area contributed by atoms with E-state index in [0.29, 0.717) is 13.1 Å². The van der Waals surface area contributed by atoms with E-state index in [9.17, 15) is 9.59 Å². The molecule has 1 heterocycles. The molecule has 0 radical (unpaired) electrons. The second kappa shape index (κ2) is 5.35. The van der Waals surface area contributed by atoms with Crippen molar-refractivity contribution in [2.75, 3.05) is 20.1 Å². The number of nitrogens with zero attached hydrogens (tertiary/aromatic N) is 2. The van der Waals surface area contributed by atoms with Crippen molar-refractivity contribution >= 4 is 12.0 Å². The maximum Gasteiger partial charge on any atom is 0.326 e. The smallest absolute Gasteiger partial charge is 0.326 e. The van der Waals surface area contributed by atoms with Gasteiger partial charge >= 0.3 is 12.0 Å². The molecule has 1 fully saturated rings. The van der Waals surface area contributed by atoms with Gasteiger partial charge in [-0.25, -0.2) is 9.59 Å². The van der Waals surface area contributed by atoms with E-state index in [2.05, 4.69) is 0 Å². The molecule has 0 spiro atoms. The molecule has 0 aromatic heterocycles. The van der Waals surface area contributed by atoms with Gasteiger partial charge in [-0.15, -0.1) is 0 Å². The molecule has 3 atom stereocenters. The average molecular weight is 244 g/mol. The van der Waals surface area contributed by atoms with Crippen LogP contribution >= 0.6 is 0 Å². The van der Waals surface area contributed by atoms with Crippen molar-refractivity contribution in [3.63, 3.8) is 0 Å². The summed E-state index contributed by atoms with van der Waals surface area (Å²) < 4.78 is 5.53. The van der Waals surface area contributed by atoms with Crippen LogP contribution in [0.4, 0.5) is 4.79 Å². The number of hydrogen-bond acceptors (Lipinski definition) is 3. The highest BCUT2D eigenvalue weighted by Crippen LogP contribution is 2.13. The van der Waals surface area contributed by atoms with Crippen molar-refractivity contribution in [1.82, 2.24) is 9.80 Å². The van der Waals surface area contributed by atoms with Crippen LogP contribution < -0.4 is 0 Å². The first kappa shape index (κ1) is 13.8. The fourth-order valence-corrected chi connectivity index (χ4v) is 1.89. The van der Waals surface area contributed by atoms with Gasteiger partial charge in [-0.05, 0) is 20.8 Å². The molecule has 0 aromatic carbocycles. The van der Waals surface area contributed by atoms with E-state index in [-0.39, 0.29) is 18.2 Å². The predicted octanol–water partition coefficient (Wildman–Crippen LogP) is 0.621. The van der Waals surface area contributed by atoms with Crippen molar-refractivity contribution in [3.05, 3.63) is 0 Å². The van der Waals surface area contributed by atoms with Gasteiger partial charge in [0.1, 0.15) is 6.04 Å². The summed E-state index contributed by atoms with van der Waals surface area (Å²) in [7, 11) is 1.51. The minimum Gasteiger partial charge on any atom is -0.480 e. The molecule has 98 valence electrons. The minimum absolute atomic E-state index is 0.0174. The van der Waals surface area contributed by atoms with Crippen molar-refractivity contribution < 1.29 is 19.4 Å². The Morgan fingerprint density at radius 2 is 1.82 bits per heavy atom. The molecule has 1 unspecified atom stereocenters. The van der Waals surface area contributed by atoms with Crippen molar-refractivity contribution in [3.8, 4) is 0 Å². The Bertz CT molecular complexity index is 298. The number of morpholine rings is 1. The quantitative estimate of drug-likeness (QED) is 0.773. The lowest BCUT2D eigenvalue weighted by Gasteiger charge is -2.38. The second-order valence-corrected chi connectivity index (χ2v) is 4.57. The van der Waals surface area contributed by atoms with Crippen LogP contribution in [-0.4, -0.2) is 65.3 Å². The molecule has 0 aromatic rings. The Kier molecular flexibility index (Phi) is 4.34. The maximum atomic E-state index is 12.1. The molecule has 0 bridgehead atoms. The highest BCUT2D eigenvalue weighted by Gasteiger charge is 2.31. The zero-order chi connectivity index (χ0) is 13.2. The predicted molar refractivity (Wildman–Crippen MR) is 61.8 cm³/mol. The van der Waals surface area contributed by atoms with Crippen LogP contribution in [0.1, 0.15) is 20.8 Å². The zero-order valence-electron chi connectivity index (χ0n) is 10.7. The van der Waals surface area contributed by atoms with Crippen LogP contribution in [0.3, 0.4) is 0 Å². The van der Waals surface area contributed by atoms with Gasteiger partial charge in [-0.3, -0.25) is 0 Å². The van der Waals surface area contributed by atoms with E-state index in [1.807, 2.05) is 13.8 Å². The lowest BCUT2D eigenvalue weighted by molar-refractivity contribution is -0.141. The fourth-order valence-electron chi connectivity index (χ4n) is 1.89. The Morgan fingerprint density at radius 3 is 2.24 bits per heavy atom. The van der Waals surface area contributed by atoms with Gasteiger partial charge in [-0.1, -0.05) is 0 Å². The third-order valence-electron chi connectivity index (χ3n) is 2.93. The summed E-state index contributed by atoms with van der Waals surface area (Å²) in [6.07, 6.45) is -0.0348. The van der Waals surface area contributed by atoms with Crippen molar-refractivity contribution in [2.24, 2.45) is 0 Å². The lowest BCUT2D eigenvalue weighted by Crippen LogP contribution is -2.54. The van der Waals surface area contributed by atoms with E-state index in [0.717, 1.165) is 0 Å². The molecule has 2 amide bonds. The van der Waals surface area contributed by atoms with E-state index in [1.54, 1.807) is 4.90 Å². The normalized spacial score (nSPS) is 26.5. The maximum absolute atomic E-state index is 12.1. The van der Waals surface area contributed by atoms with Gasteiger partial charge in [0, 0.05) is 20.1 Å². The molecule has 17 heavy (non-hydrogen) atoms. The van der Waals surface area contributed by atoms with Crippen LogP contribution in [0.15, 0.2) is 0 Å². The highest BCUT2D eigenvalue weighted by atomic mass is 16.5. The first-order valence-electron chi connectivity index (χ1n) is 5.73. The van der Waals surface area contributed by atoms with Crippen LogP contribution in [0, 0.1) is 0 Å². The number of rotatable bonds is 2. The number of carboxylic acid groups (broad SMARTS) is 1. The van der Waals surface area contributed by atoms with E-state index >= 15 is 0 Å². The summed E-state index contributed by atoms with van der Waals surface area (Å²) >= 11 is 0. The molecular weight excluding hydrogens is 224 g/mol. The van der Waals surface area contributed by atoms with Crippen LogP contribution in [0.25, 0.3) is 0 Å². The topological polar surface area (TPSA) is 70.1 Å². The number of likely N-dealkylation sites (N-methyl/N-ethyl adjacent to an activating group) is 1. The molecule has 0 saturated carbocycles. The Balaban J connectivity index is 2.65. The Morgan fingerprint density at radius 1 is 1.35 bits per heavy atom. The third kappa shape index (κ3) is 3.33. The first-order chi connectivity index (χ1) is 7.82. The molecule has 1 aliphatic heterocycles. The number of carboxylic acids is 1. The minimum atomic E-state index is -1.00. The Labute approximate surface area is 101 Å². The van der Waals surface area contributed by atoms with E-state index < -0.39 is 12.0 Å². The number of ether oxygens (including phenoxy) is 1. The number of amides is 2. The SMILES string of the molecule is CC(C(=O)O)N(C)C(=O)N1C[C@@H](C)O[C@@H](C)C1. The number of aliphatic carboxylic acids is 1. The van der Waals surface area contributed by atoms with Gasteiger partial charge in [0.2, 0.25) is 0 Å². The monoisotopic (exact) mass is 244 g/mol. The Hall–Kier alpha value is -1.30. The summed E-state index contributed by atoms with van der Waals surface area (Å²) in [4.78, 5) is 25.8. The molecule has 6 heteroatoms. The van der Waals surface area contributed by atoms with Crippen molar-refractivity contribution in [1.29, 1.82) is 0 Å². The van der Waals surface area contributed by atoms with Gasteiger partial charge < -0.3 is 19.6 Å². The number of carbonyl (C=O) groups excluding carboxylic acids is 1. The molecule has 0 aliphatic carbocycles. The largest absolute Gasteiger partial charge is 0.480 e. The van der Waals surface area contributed by atoms with E-state index in [4.69, 9.17) is 9.84 Å². The molecule has 1 saturated heterocycles. The van der Waals surface area contributed by atoms with E-state index in [1.165, 1.54) is 18.9 Å². The fraction of sp³-hybridized carbons (Fsp3) is 0.818. The van der Waals surface area contributed by atoms with Gasteiger partial charge in [-0.2, -0.15) is 0 Å². The lowest BCUT2D eigenvalue weighted by atomic mass is 10.2. The molecule has 1 rings (SSSR count). The zero-order valence-corrected chi connectivity index (χ0v) is 10.7. The summed E-state index contributed by atoms with van der Waals surface area (Å²) in [6.45, 7) is 6.29. The second-order valence-electron chi connectivity index (χ2n) is 4.57. The highest BCUT2D eigenvalue weighted by molar-refractivity contribution is 5.82. The van der Waals surface area contributed by atoms with Crippen LogP contribution in [-0.2, 0) is 9.53 Å². The number of hydrogen-bond donors (Lipinski definition) is 1. The molecule has 1 N–H and O–H groups in total. The molecule has 6 nitrogen and oxygen atoms in total. The molecule has 1 aliphatic rings. The summed E-state index contributed by atoms with van der Waals surface area (Å²) in [5, 5.41) is 8.87. The standard InChI is InChI=1S/C11H20N2O4/c1-7-5-13(6-8(2)17-7)11(16)12(4)9(3)10(14)15/h7-9H,5-6H2,1-4H3,(H,14,15)/t7-,8+,9?. The van der Waals surface area contributed by atoms with Gasteiger partial charge in [0.25, 0.3) is 0 Å². The summed E-state index contributed by atoms with van der Waals surface area (Å²) in [5.41, 5.74) is 0. The number of urea groups is 1. The van der Waals surface area contributed by atoms with Crippen LogP contribution in [0.5, 0.6) is 0 Å². The average Bonchev–Trinajstić information content (AvgIpc) is 2.24. The first-order valence-corrected chi connectivity index (χ1v) is 5.73. The number of carbonyl (C=O) groups is 2. The molecular formula is C11H20N2O4. The van der Waals surface area contributed by atoms with Crippen LogP contribution in [0.2, 0.25) is 0 Å². The van der Waals surface area contributed by atoms with Gasteiger partial charge in [0.15, 0.2) is 0 Å². The third-order valence-corrected chi connectivity index (χ3v) is 2.93.